The highest BCUT2D eigenvalue weighted by molar-refractivity contribution is 6.31. The second-order valence-corrected chi connectivity index (χ2v) is 18.9. The van der Waals surface area contributed by atoms with Gasteiger partial charge in [-0.3, -0.25) is 29.4 Å². The molecule has 1 N–H and O–H groups in total. The van der Waals surface area contributed by atoms with Crippen LogP contribution in [0.3, 0.4) is 0 Å². The molecule has 5 aliphatic heterocycles. The summed E-state index contributed by atoms with van der Waals surface area (Å²) in [7, 11) is 0. The predicted octanol–water partition coefficient (Wildman–Crippen LogP) is 5.85. The highest BCUT2D eigenvalue weighted by atomic mass is 35.5. The number of rotatable bonds is 8. The molecule has 308 valence electrons. The van der Waals surface area contributed by atoms with Gasteiger partial charge in [0, 0.05) is 111 Å². The van der Waals surface area contributed by atoms with Crippen LogP contribution in [0.15, 0.2) is 54.6 Å². The highest BCUT2D eigenvalue weighted by Gasteiger charge is 2.67. The van der Waals surface area contributed by atoms with Crippen LogP contribution >= 0.6 is 11.6 Å². The fourth-order valence-corrected chi connectivity index (χ4v) is 11.6. The van der Waals surface area contributed by atoms with E-state index in [2.05, 4.69) is 72.0 Å². The first kappa shape index (κ1) is 39.3. The predicted molar refractivity (Wildman–Crippen MR) is 224 cm³/mol. The summed E-state index contributed by atoms with van der Waals surface area (Å²) in [6.07, 6.45) is 2.69. The zero-order chi connectivity index (χ0) is 41.4. The van der Waals surface area contributed by atoms with Crippen LogP contribution in [0.5, 0.6) is 5.75 Å². The molecule has 3 aromatic rings. The molecule has 0 bridgehead atoms. The SMILES string of the molecule is CC1(C)[C@H](Oc2ccc(C#N)c(Cl)c2)C(C)(C)[C@H]1N1Cc2cc(N3CCN(CC4CCN(c5ccc6c(c5)CN(C5CCC(=O)NC5=O)C6=O)CC4)CC3)ccc2C1=O. The molecule has 0 aromatic heterocycles. The number of piperazine rings is 1. The van der Waals surface area contributed by atoms with Crippen molar-refractivity contribution in [3.8, 4) is 11.8 Å². The molecule has 1 aliphatic carbocycles. The molecule has 12 nitrogen and oxygen atoms in total. The molecular weight excluding hydrogens is 766 g/mol. The van der Waals surface area contributed by atoms with Crippen LogP contribution in [0.1, 0.15) is 90.8 Å². The number of ether oxygens (including phenoxy) is 1. The quantitative estimate of drug-likeness (QED) is 0.279. The minimum absolute atomic E-state index is 0.0236. The van der Waals surface area contributed by atoms with E-state index in [0.29, 0.717) is 47.3 Å². The number of imide groups is 1. The second-order valence-electron chi connectivity index (χ2n) is 18.5. The molecule has 9 rings (SSSR count). The zero-order valence-electron chi connectivity index (χ0n) is 34.3. The molecule has 4 fully saturated rings. The molecule has 1 unspecified atom stereocenters. The Hall–Kier alpha value is -5.12. The van der Waals surface area contributed by atoms with E-state index in [-0.39, 0.29) is 53.0 Å². The Balaban J connectivity index is 0.759. The molecular formula is C46H52ClN7O5. The van der Waals surface area contributed by atoms with Crippen LogP contribution in [0.4, 0.5) is 11.4 Å². The van der Waals surface area contributed by atoms with Gasteiger partial charge in [0.2, 0.25) is 11.8 Å². The average Bonchev–Trinajstić information content (AvgIpc) is 3.71. The number of hydrogen-bond donors (Lipinski definition) is 1. The summed E-state index contributed by atoms with van der Waals surface area (Å²) in [6, 6.07) is 19.1. The number of nitrogens with zero attached hydrogens (tertiary/aromatic N) is 6. The van der Waals surface area contributed by atoms with E-state index in [9.17, 15) is 24.4 Å². The van der Waals surface area contributed by atoms with Crippen molar-refractivity contribution >= 4 is 46.6 Å². The molecule has 1 saturated carbocycles. The van der Waals surface area contributed by atoms with Gasteiger partial charge in [0.1, 0.15) is 24.0 Å². The number of carbonyl (C=O) groups is 4. The van der Waals surface area contributed by atoms with Crippen molar-refractivity contribution in [3.63, 3.8) is 0 Å². The Morgan fingerprint density at radius 2 is 1.36 bits per heavy atom. The Kier molecular flexibility index (Phi) is 9.91. The van der Waals surface area contributed by atoms with E-state index in [1.54, 1.807) is 23.1 Å². The van der Waals surface area contributed by atoms with Crippen molar-refractivity contribution in [2.75, 3.05) is 55.6 Å². The van der Waals surface area contributed by atoms with Gasteiger partial charge in [-0.1, -0.05) is 39.3 Å². The lowest BCUT2D eigenvalue weighted by Crippen LogP contribution is -2.74. The summed E-state index contributed by atoms with van der Waals surface area (Å²) in [6.45, 7) is 16.6. The topological polar surface area (TPSA) is 130 Å². The molecule has 1 atom stereocenters. The Bertz CT molecular complexity index is 2250. The lowest BCUT2D eigenvalue weighted by molar-refractivity contribution is -0.199. The lowest BCUT2D eigenvalue weighted by atomic mass is 9.49. The first-order valence-corrected chi connectivity index (χ1v) is 21.4. The maximum atomic E-state index is 13.9. The molecule has 3 aromatic carbocycles. The van der Waals surface area contributed by atoms with Gasteiger partial charge >= 0.3 is 0 Å². The van der Waals surface area contributed by atoms with Gasteiger partial charge in [-0.2, -0.15) is 5.26 Å². The minimum atomic E-state index is -0.600. The molecule has 4 amide bonds. The zero-order valence-corrected chi connectivity index (χ0v) is 35.1. The summed E-state index contributed by atoms with van der Waals surface area (Å²) >= 11 is 6.31. The van der Waals surface area contributed by atoms with Gasteiger partial charge in [-0.15, -0.1) is 0 Å². The summed E-state index contributed by atoms with van der Waals surface area (Å²) in [5, 5.41) is 12.0. The van der Waals surface area contributed by atoms with Gasteiger partial charge in [-0.05, 0) is 84.8 Å². The molecule has 0 spiro atoms. The number of halogens is 1. The van der Waals surface area contributed by atoms with Crippen LogP contribution in [0, 0.1) is 28.1 Å². The van der Waals surface area contributed by atoms with E-state index in [1.165, 1.54) is 5.69 Å². The number of carbonyl (C=O) groups excluding carboxylic acids is 4. The van der Waals surface area contributed by atoms with Gasteiger partial charge < -0.3 is 24.3 Å². The number of nitrogens with one attached hydrogen (secondary N) is 1. The van der Waals surface area contributed by atoms with Crippen LogP contribution in [-0.4, -0.2) is 102 Å². The normalized spacial score (nSPS) is 25.4. The van der Waals surface area contributed by atoms with Crippen molar-refractivity contribution in [2.45, 2.75) is 84.7 Å². The first-order valence-electron chi connectivity index (χ1n) is 21.0. The Labute approximate surface area is 351 Å². The highest BCUT2D eigenvalue weighted by Crippen LogP contribution is 2.59. The average molecular weight is 818 g/mol. The number of benzene rings is 3. The van der Waals surface area contributed by atoms with E-state index in [0.717, 1.165) is 81.0 Å². The van der Waals surface area contributed by atoms with Crippen molar-refractivity contribution in [3.05, 3.63) is 87.4 Å². The summed E-state index contributed by atoms with van der Waals surface area (Å²) in [5.41, 5.74) is 5.55. The molecule has 13 heteroatoms. The van der Waals surface area contributed by atoms with E-state index in [1.807, 2.05) is 23.1 Å². The van der Waals surface area contributed by atoms with Crippen molar-refractivity contribution in [1.82, 2.24) is 20.0 Å². The fraction of sp³-hybridized carbons (Fsp3) is 0.500. The number of fused-ring (bicyclic) bond motifs is 2. The molecule has 6 aliphatic rings. The van der Waals surface area contributed by atoms with E-state index >= 15 is 0 Å². The third-order valence-electron chi connectivity index (χ3n) is 14.0. The van der Waals surface area contributed by atoms with Crippen LogP contribution in [0.25, 0.3) is 0 Å². The summed E-state index contributed by atoms with van der Waals surface area (Å²) in [5.74, 6) is 0.536. The second kappa shape index (κ2) is 14.9. The molecule has 5 heterocycles. The summed E-state index contributed by atoms with van der Waals surface area (Å²) in [4.78, 5) is 62.4. The molecule has 0 radical (unpaired) electrons. The maximum absolute atomic E-state index is 13.9. The lowest BCUT2D eigenvalue weighted by Gasteiger charge is -2.65. The first-order chi connectivity index (χ1) is 28.2. The standard InChI is InChI=1S/C46H52ClN7O5/c1-45(2)43(46(3,4)44(45)59-34-8-5-29(24-48)37(47)23-34)54-27-31-22-33(7-10-36(31)42(54)58)52-19-17-50(18-20-52)25-28-13-15-51(16-14-28)32-6-9-35-30(21-32)26-53(41(35)57)38-11-12-39(55)49-40(38)56/h5-10,21-23,28,38,43-44H,11-20,25-27H2,1-4H3,(H,49,55,56)/t38?,43-,44-. The van der Waals surface area contributed by atoms with E-state index in [4.69, 9.17) is 16.3 Å². The minimum Gasteiger partial charge on any atom is -0.489 e. The van der Waals surface area contributed by atoms with Gasteiger partial charge in [0.25, 0.3) is 11.8 Å². The van der Waals surface area contributed by atoms with Crippen LogP contribution in [-0.2, 0) is 22.7 Å². The third-order valence-corrected chi connectivity index (χ3v) is 14.4. The fourth-order valence-electron chi connectivity index (χ4n) is 11.4. The third kappa shape index (κ3) is 6.90. The number of amides is 4. The molecule has 3 saturated heterocycles. The van der Waals surface area contributed by atoms with Crippen molar-refractivity contribution < 1.29 is 23.9 Å². The summed E-state index contributed by atoms with van der Waals surface area (Å²) < 4.78 is 6.51. The smallest absolute Gasteiger partial charge is 0.255 e. The van der Waals surface area contributed by atoms with Crippen molar-refractivity contribution in [1.29, 1.82) is 5.26 Å². The van der Waals surface area contributed by atoms with Gasteiger partial charge in [0.05, 0.1) is 10.6 Å². The Morgan fingerprint density at radius 1 is 0.763 bits per heavy atom. The van der Waals surface area contributed by atoms with Crippen LogP contribution in [0.2, 0.25) is 5.02 Å². The van der Waals surface area contributed by atoms with Gasteiger partial charge in [0.15, 0.2) is 0 Å². The number of nitriles is 1. The Morgan fingerprint density at radius 3 is 1.95 bits per heavy atom. The number of hydrogen-bond acceptors (Lipinski definition) is 9. The number of anilines is 2. The number of piperidine rings is 2. The van der Waals surface area contributed by atoms with E-state index < -0.39 is 6.04 Å². The monoisotopic (exact) mass is 817 g/mol. The maximum Gasteiger partial charge on any atom is 0.255 e. The van der Waals surface area contributed by atoms with Gasteiger partial charge in [-0.25, -0.2) is 0 Å². The van der Waals surface area contributed by atoms with Crippen molar-refractivity contribution in [2.24, 2.45) is 16.7 Å². The van der Waals surface area contributed by atoms with Crippen LogP contribution < -0.4 is 19.9 Å². The molecule has 59 heavy (non-hydrogen) atoms. The largest absolute Gasteiger partial charge is 0.489 e.